The van der Waals surface area contributed by atoms with Gasteiger partial charge in [-0.2, -0.15) is 0 Å². The average Bonchev–Trinajstić information content (AvgIpc) is 2.83. The predicted molar refractivity (Wildman–Crippen MR) is 75.5 cm³/mol. The fourth-order valence-corrected chi connectivity index (χ4v) is 3.59. The fourth-order valence-electron chi connectivity index (χ4n) is 2.24. The summed E-state index contributed by atoms with van der Waals surface area (Å²) in [6, 6.07) is 3.84. The lowest BCUT2D eigenvalue weighted by Gasteiger charge is -2.26. The molecule has 1 aromatic heterocycles. The lowest BCUT2D eigenvalue weighted by molar-refractivity contribution is 0.0781. The average molecular weight is 316 g/mol. The number of halogens is 1. The maximum atomic E-state index is 12.2. The molecule has 1 fully saturated rings. The van der Waals surface area contributed by atoms with Crippen LogP contribution in [0.15, 0.2) is 15.9 Å². The van der Waals surface area contributed by atoms with E-state index in [1.165, 1.54) is 11.3 Å². The number of hydrogen-bond donors (Lipinski definition) is 0. The molecule has 1 unspecified atom stereocenters. The molecular formula is C13H18BrNOS. The number of rotatable bonds is 1. The summed E-state index contributed by atoms with van der Waals surface area (Å²) in [7, 11) is 0. The highest BCUT2D eigenvalue weighted by molar-refractivity contribution is 9.11. The minimum atomic E-state index is 0.187. The molecule has 0 aliphatic carbocycles. The van der Waals surface area contributed by atoms with Gasteiger partial charge in [0.2, 0.25) is 0 Å². The van der Waals surface area contributed by atoms with Crippen LogP contribution >= 0.6 is 27.3 Å². The van der Waals surface area contributed by atoms with Gasteiger partial charge in [-0.15, -0.1) is 11.3 Å². The van der Waals surface area contributed by atoms with Gasteiger partial charge in [0, 0.05) is 13.1 Å². The highest BCUT2D eigenvalue weighted by Gasteiger charge is 2.34. The van der Waals surface area contributed by atoms with E-state index < -0.39 is 0 Å². The van der Waals surface area contributed by atoms with Crippen molar-refractivity contribution in [3.63, 3.8) is 0 Å². The monoisotopic (exact) mass is 315 g/mol. The molecule has 2 nitrogen and oxygen atoms in total. The molecule has 0 aromatic carbocycles. The molecule has 0 N–H and O–H groups in total. The zero-order valence-electron chi connectivity index (χ0n) is 10.5. The Bertz CT molecular complexity index is 421. The molecule has 1 atom stereocenters. The van der Waals surface area contributed by atoms with Crippen molar-refractivity contribution in [1.82, 2.24) is 4.90 Å². The number of carbonyl (C=O) groups excluding carboxylic acids is 1. The first-order valence-electron chi connectivity index (χ1n) is 5.92. The molecule has 4 heteroatoms. The second kappa shape index (κ2) is 4.73. The summed E-state index contributed by atoms with van der Waals surface area (Å²) in [5.41, 5.74) is 0.297. The molecule has 0 saturated carbocycles. The maximum absolute atomic E-state index is 12.2. The van der Waals surface area contributed by atoms with Crippen molar-refractivity contribution in [2.24, 2.45) is 11.3 Å². The van der Waals surface area contributed by atoms with E-state index in [0.717, 1.165) is 28.2 Å². The van der Waals surface area contributed by atoms with E-state index in [1.807, 2.05) is 17.0 Å². The molecule has 1 aliphatic heterocycles. The summed E-state index contributed by atoms with van der Waals surface area (Å²) in [5, 5.41) is 0. The van der Waals surface area contributed by atoms with E-state index in [2.05, 4.69) is 36.7 Å². The van der Waals surface area contributed by atoms with Gasteiger partial charge >= 0.3 is 0 Å². The van der Waals surface area contributed by atoms with Crippen LogP contribution in [0.2, 0.25) is 0 Å². The fraction of sp³-hybridized carbons (Fsp3) is 0.615. The molecule has 1 aliphatic rings. The number of hydrogen-bond acceptors (Lipinski definition) is 2. The van der Waals surface area contributed by atoms with Gasteiger partial charge in [-0.3, -0.25) is 4.79 Å². The van der Waals surface area contributed by atoms with Gasteiger partial charge in [-0.05, 0) is 45.8 Å². The van der Waals surface area contributed by atoms with Crippen molar-refractivity contribution in [3.05, 3.63) is 20.8 Å². The summed E-state index contributed by atoms with van der Waals surface area (Å²) < 4.78 is 1.02. The Kier molecular flexibility index (Phi) is 3.64. The van der Waals surface area contributed by atoms with Crippen LogP contribution < -0.4 is 0 Å². The zero-order valence-corrected chi connectivity index (χ0v) is 12.9. The Morgan fingerprint density at radius 1 is 1.47 bits per heavy atom. The third-order valence-electron chi connectivity index (χ3n) is 3.48. The molecule has 17 heavy (non-hydrogen) atoms. The van der Waals surface area contributed by atoms with E-state index in [4.69, 9.17) is 0 Å². The van der Waals surface area contributed by atoms with Gasteiger partial charge in [-0.25, -0.2) is 0 Å². The van der Waals surface area contributed by atoms with Gasteiger partial charge in [0.15, 0.2) is 0 Å². The van der Waals surface area contributed by atoms with Gasteiger partial charge in [0.25, 0.3) is 5.91 Å². The quantitative estimate of drug-likeness (QED) is 0.766. The second-order valence-electron chi connectivity index (χ2n) is 5.71. The Morgan fingerprint density at radius 3 is 2.65 bits per heavy atom. The van der Waals surface area contributed by atoms with Crippen molar-refractivity contribution >= 4 is 33.2 Å². The van der Waals surface area contributed by atoms with Crippen LogP contribution in [0.25, 0.3) is 0 Å². The number of likely N-dealkylation sites (tertiary alicyclic amines) is 1. The third kappa shape index (κ3) is 2.91. The molecule has 0 radical (unpaired) electrons. The van der Waals surface area contributed by atoms with Gasteiger partial charge in [0.05, 0.1) is 8.66 Å². The molecule has 1 amide bonds. The molecule has 1 aromatic rings. The van der Waals surface area contributed by atoms with E-state index >= 15 is 0 Å². The van der Waals surface area contributed by atoms with Crippen LogP contribution in [0, 0.1) is 11.3 Å². The first-order valence-corrected chi connectivity index (χ1v) is 7.53. The number of thiophene rings is 1. The van der Waals surface area contributed by atoms with E-state index in [9.17, 15) is 4.79 Å². The minimum absolute atomic E-state index is 0.187. The Hall–Kier alpha value is -0.350. The van der Waals surface area contributed by atoms with Crippen molar-refractivity contribution in [1.29, 1.82) is 0 Å². The molecule has 2 heterocycles. The summed E-state index contributed by atoms with van der Waals surface area (Å²) in [6.45, 7) is 8.57. The van der Waals surface area contributed by atoms with Crippen LogP contribution in [0.3, 0.4) is 0 Å². The number of nitrogens with zero attached hydrogens (tertiary/aromatic N) is 1. The van der Waals surface area contributed by atoms with Crippen molar-refractivity contribution in [2.45, 2.75) is 27.2 Å². The summed E-state index contributed by atoms with van der Waals surface area (Å²) in [4.78, 5) is 15.1. The summed E-state index contributed by atoms with van der Waals surface area (Å²) in [6.07, 6.45) is 1.13. The minimum Gasteiger partial charge on any atom is -0.338 e. The van der Waals surface area contributed by atoms with Crippen molar-refractivity contribution in [2.75, 3.05) is 13.1 Å². The lowest BCUT2D eigenvalue weighted by Crippen LogP contribution is -2.30. The Balaban J connectivity index is 2.04. The SMILES string of the molecule is CC(C)(C)C1CCN(C(=O)c2ccc(Br)s2)C1. The highest BCUT2D eigenvalue weighted by atomic mass is 79.9. The topological polar surface area (TPSA) is 20.3 Å². The standard InChI is InChI=1S/C13H18BrNOS/c1-13(2,3)9-6-7-15(8-9)12(16)10-4-5-11(14)17-10/h4-5,9H,6-8H2,1-3H3. The van der Waals surface area contributed by atoms with E-state index in [-0.39, 0.29) is 5.91 Å². The zero-order chi connectivity index (χ0) is 12.6. The Morgan fingerprint density at radius 2 is 2.18 bits per heavy atom. The molecule has 2 rings (SSSR count). The highest BCUT2D eigenvalue weighted by Crippen LogP contribution is 2.34. The first kappa shape index (κ1) is 13.1. The maximum Gasteiger partial charge on any atom is 0.263 e. The summed E-state index contributed by atoms with van der Waals surface area (Å²) >= 11 is 4.92. The van der Waals surface area contributed by atoms with Crippen LogP contribution in [0.1, 0.15) is 36.9 Å². The summed E-state index contributed by atoms with van der Waals surface area (Å²) in [5.74, 6) is 0.808. The van der Waals surface area contributed by atoms with Gasteiger partial charge < -0.3 is 4.90 Å². The largest absolute Gasteiger partial charge is 0.338 e. The third-order valence-corrected chi connectivity index (χ3v) is 5.10. The van der Waals surface area contributed by atoms with E-state index in [0.29, 0.717) is 11.3 Å². The van der Waals surface area contributed by atoms with Crippen LogP contribution in [0.5, 0.6) is 0 Å². The molecule has 0 bridgehead atoms. The number of carbonyl (C=O) groups is 1. The van der Waals surface area contributed by atoms with Crippen LogP contribution in [-0.2, 0) is 0 Å². The molecule has 94 valence electrons. The number of amides is 1. The van der Waals surface area contributed by atoms with E-state index in [1.54, 1.807) is 0 Å². The lowest BCUT2D eigenvalue weighted by atomic mass is 9.80. The van der Waals surface area contributed by atoms with Gasteiger partial charge in [-0.1, -0.05) is 20.8 Å². The van der Waals surface area contributed by atoms with Crippen molar-refractivity contribution in [3.8, 4) is 0 Å². The Labute approximate surface area is 115 Å². The normalized spacial score (nSPS) is 20.9. The molecule has 1 saturated heterocycles. The predicted octanol–water partition coefficient (Wildman–Crippen LogP) is 4.02. The smallest absolute Gasteiger partial charge is 0.263 e. The molecule has 0 spiro atoms. The van der Waals surface area contributed by atoms with Crippen LogP contribution in [0.4, 0.5) is 0 Å². The second-order valence-corrected chi connectivity index (χ2v) is 8.17. The molecular weight excluding hydrogens is 298 g/mol. The van der Waals surface area contributed by atoms with Crippen molar-refractivity contribution < 1.29 is 4.79 Å². The first-order chi connectivity index (χ1) is 7.88. The van der Waals surface area contributed by atoms with Crippen LogP contribution in [-0.4, -0.2) is 23.9 Å². The van der Waals surface area contributed by atoms with Gasteiger partial charge in [0.1, 0.15) is 0 Å².